The monoisotopic (exact) mass is 342 g/mol. The first kappa shape index (κ1) is 16.3. The van der Waals surface area contributed by atoms with E-state index in [1.54, 1.807) is 6.26 Å². The Balaban J connectivity index is 1.55. The lowest BCUT2D eigenvalue weighted by molar-refractivity contribution is 0.517. The molecule has 0 radical (unpaired) electrons. The van der Waals surface area contributed by atoms with Gasteiger partial charge in [0.2, 0.25) is 5.95 Å². The maximum absolute atomic E-state index is 5.90. The van der Waals surface area contributed by atoms with Crippen LogP contribution in [0.25, 0.3) is 0 Å². The predicted molar refractivity (Wildman–Crippen MR) is 96.4 cm³/mol. The Hall–Kier alpha value is -2.53. The zero-order chi connectivity index (χ0) is 16.8. The largest absolute Gasteiger partial charge is 0.467 e. The Kier molecular flexibility index (Phi) is 5.33. The van der Waals surface area contributed by atoms with Gasteiger partial charge in [0, 0.05) is 23.3 Å². The number of hydrogen-bond donors (Lipinski definition) is 2. The van der Waals surface area contributed by atoms with Crippen LogP contribution < -0.4 is 10.6 Å². The molecule has 0 unspecified atom stereocenters. The van der Waals surface area contributed by atoms with Crippen molar-refractivity contribution in [3.8, 4) is 0 Å². The van der Waals surface area contributed by atoms with Crippen LogP contribution in [-0.2, 0) is 13.0 Å². The highest BCUT2D eigenvalue weighted by molar-refractivity contribution is 6.30. The van der Waals surface area contributed by atoms with Crippen molar-refractivity contribution in [1.29, 1.82) is 0 Å². The highest BCUT2D eigenvalue weighted by Gasteiger charge is 2.03. The number of benzene rings is 1. The van der Waals surface area contributed by atoms with Crippen molar-refractivity contribution in [1.82, 2.24) is 9.97 Å². The molecular weight excluding hydrogens is 324 g/mol. The fraction of sp³-hybridized carbons (Fsp3) is 0.222. The van der Waals surface area contributed by atoms with Gasteiger partial charge in [-0.05, 0) is 43.2 Å². The molecule has 0 saturated heterocycles. The van der Waals surface area contributed by atoms with E-state index < -0.39 is 0 Å². The summed E-state index contributed by atoms with van der Waals surface area (Å²) in [6.45, 7) is 3.29. The summed E-state index contributed by atoms with van der Waals surface area (Å²) in [7, 11) is 0. The number of furan rings is 1. The highest BCUT2D eigenvalue weighted by Crippen LogP contribution is 2.13. The summed E-state index contributed by atoms with van der Waals surface area (Å²) in [4.78, 5) is 8.87. The first-order valence-corrected chi connectivity index (χ1v) is 8.17. The molecule has 6 heteroatoms. The normalized spacial score (nSPS) is 10.6. The summed E-state index contributed by atoms with van der Waals surface area (Å²) in [5.74, 6) is 2.23. The van der Waals surface area contributed by atoms with E-state index in [2.05, 4.69) is 20.6 Å². The number of nitrogens with one attached hydrogen (secondary N) is 2. The average Bonchev–Trinajstić information content (AvgIpc) is 3.08. The summed E-state index contributed by atoms with van der Waals surface area (Å²) < 4.78 is 5.29. The Bertz CT molecular complexity index is 772. The standard InChI is InChI=1S/C18H19ClN4O/c1-13-11-17(20-9-8-14-4-6-15(19)7-5-14)23-18(22-13)21-12-16-3-2-10-24-16/h2-7,10-11H,8-9,12H2,1H3,(H2,20,21,22,23). The van der Waals surface area contributed by atoms with E-state index in [4.69, 9.17) is 16.0 Å². The van der Waals surface area contributed by atoms with Crippen LogP contribution in [0.15, 0.2) is 53.1 Å². The molecule has 3 aromatic rings. The van der Waals surface area contributed by atoms with E-state index in [0.29, 0.717) is 12.5 Å². The van der Waals surface area contributed by atoms with Crippen molar-refractivity contribution in [2.75, 3.05) is 17.2 Å². The second-order valence-electron chi connectivity index (χ2n) is 5.45. The molecule has 0 spiro atoms. The number of halogens is 1. The minimum Gasteiger partial charge on any atom is -0.467 e. The van der Waals surface area contributed by atoms with Gasteiger partial charge in [-0.25, -0.2) is 4.98 Å². The Labute approximate surface area is 146 Å². The third-order valence-electron chi connectivity index (χ3n) is 3.49. The van der Waals surface area contributed by atoms with Crippen LogP contribution in [0.5, 0.6) is 0 Å². The lowest BCUT2D eigenvalue weighted by Gasteiger charge is -2.09. The lowest BCUT2D eigenvalue weighted by atomic mass is 10.1. The number of aromatic nitrogens is 2. The predicted octanol–water partition coefficient (Wildman–Crippen LogP) is 4.30. The Morgan fingerprint density at radius 2 is 1.92 bits per heavy atom. The van der Waals surface area contributed by atoms with Crippen LogP contribution in [-0.4, -0.2) is 16.5 Å². The van der Waals surface area contributed by atoms with E-state index in [9.17, 15) is 0 Å². The van der Waals surface area contributed by atoms with Crippen molar-refractivity contribution >= 4 is 23.4 Å². The van der Waals surface area contributed by atoms with E-state index in [1.807, 2.05) is 49.4 Å². The minimum absolute atomic E-state index is 0.556. The van der Waals surface area contributed by atoms with Gasteiger partial charge in [0.05, 0.1) is 12.8 Å². The molecule has 0 fully saturated rings. The summed E-state index contributed by atoms with van der Waals surface area (Å²) in [5, 5.41) is 7.26. The van der Waals surface area contributed by atoms with Crippen molar-refractivity contribution in [3.63, 3.8) is 0 Å². The molecule has 124 valence electrons. The molecule has 0 aliphatic heterocycles. The Morgan fingerprint density at radius 1 is 1.08 bits per heavy atom. The van der Waals surface area contributed by atoms with Crippen molar-refractivity contribution < 1.29 is 4.42 Å². The van der Waals surface area contributed by atoms with Crippen molar-refractivity contribution in [2.24, 2.45) is 0 Å². The molecule has 0 aliphatic rings. The van der Waals surface area contributed by atoms with Crippen LogP contribution in [0.2, 0.25) is 5.02 Å². The van der Waals surface area contributed by atoms with Gasteiger partial charge in [-0.1, -0.05) is 23.7 Å². The fourth-order valence-electron chi connectivity index (χ4n) is 2.30. The fourth-order valence-corrected chi connectivity index (χ4v) is 2.43. The maximum atomic E-state index is 5.90. The third kappa shape index (κ3) is 4.73. The number of hydrogen-bond acceptors (Lipinski definition) is 5. The third-order valence-corrected chi connectivity index (χ3v) is 3.74. The molecule has 0 aliphatic carbocycles. The van der Waals surface area contributed by atoms with Gasteiger partial charge in [0.15, 0.2) is 0 Å². The molecule has 2 heterocycles. The molecule has 1 aromatic carbocycles. The number of aryl methyl sites for hydroxylation is 1. The number of rotatable bonds is 7. The van der Waals surface area contributed by atoms with E-state index in [-0.39, 0.29) is 0 Å². The quantitative estimate of drug-likeness (QED) is 0.670. The van der Waals surface area contributed by atoms with E-state index in [1.165, 1.54) is 5.56 Å². The smallest absolute Gasteiger partial charge is 0.225 e. The summed E-state index contributed by atoms with van der Waals surface area (Å²) >= 11 is 5.90. The van der Waals surface area contributed by atoms with Gasteiger partial charge in [-0.2, -0.15) is 4.98 Å². The molecule has 2 N–H and O–H groups in total. The minimum atomic E-state index is 0.556. The van der Waals surface area contributed by atoms with Crippen molar-refractivity contribution in [3.05, 3.63) is 70.8 Å². The molecule has 0 atom stereocenters. The van der Waals surface area contributed by atoms with Gasteiger partial charge in [0.25, 0.3) is 0 Å². The first-order valence-electron chi connectivity index (χ1n) is 7.79. The van der Waals surface area contributed by atoms with Gasteiger partial charge in [-0.15, -0.1) is 0 Å². The van der Waals surface area contributed by atoms with Gasteiger partial charge >= 0.3 is 0 Å². The molecule has 3 rings (SSSR count). The van der Waals surface area contributed by atoms with Crippen LogP contribution in [0.1, 0.15) is 17.0 Å². The second kappa shape index (κ2) is 7.84. The van der Waals surface area contributed by atoms with Gasteiger partial charge in [-0.3, -0.25) is 0 Å². The molecule has 0 amide bonds. The Morgan fingerprint density at radius 3 is 2.67 bits per heavy atom. The zero-order valence-corrected chi connectivity index (χ0v) is 14.2. The number of nitrogens with zero attached hydrogens (tertiary/aromatic N) is 2. The van der Waals surface area contributed by atoms with Crippen molar-refractivity contribution in [2.45, 2.75) is 19.9 Å². The van der Waals surface area contributed by atoms with E-state index in [0.717, 1.165) is 35.3 Å². The van der Waals surface area contributed by atoms with Crippen LogP contribution in [0.4, 0.5) is 11.8 Å². The molecule has 5 nitrogen and oxygen atoms in total. The summed E-state index contributed by atoms with van der Waals surface area (Å²) in [6.07, 6.45) is 2.55. The van der Waals surface area contributed by atoms with E-state index >= 15 is 0 Å². The summed E-state index contributed by atoms with van der Waals surface area (Å²) in [5.41, 5.74) is 2.13. The number of anilines is 2. The lowest BCUT2D eigenvalue weighted by Crippen LogP contribution is -2.10. The molecule has 24 heavy (non-hydrogen) atoms. The first-order chi connectivity index (χ1) is 11.7. The second-order valence-corrected chi connectivity index (χ2v) is 5.89. The maximum Gasteiger partial charge on any atom is 0.225 e. The zero-order valence-electron chi connectivity index (χ0n) is 13.4. The molecule has 0 bridgehead atoms. The SMILES string of the molecule is Cc1cc(NCCc2ccc(Cl)cc2)nc(NCc2ccco2)n1. The average molecular weight is 343 g/mol. The van der Waals surface area contributed by atoms with Gasteiger partial charge < -0.3 is 15.1 Å². The highest BCUT2D eigenvalue weighted by atomic mass is 35.5. The van der Waals surface area contributed by atoms with Gasteiger partial charge in [0.1, 0.15) is 11.6 Å². The topological polar surface area (TPSA) is 63.0 Å². The van der Waals surface area contributed by atoms with Crippen LogP contribution in [0.3, 0.4) is 0 Å². The van der Waals surface area contributed by atoms with Crippen LogP contribution in [0, 0.1) is 6.92 Å². The summed E-state index contributed by atoms with van der Waals surface area (Å²) in [6, 6.07) is 13.6. The molecule has 2 aromatic heterocycles. The molecule has 0 saturated carbocycles. The van der Waals surface area contributed by atoms with Crippen LogP contribution >= 0.6 is 11.6 Å². The molecular formula is C18H19ClN4O.